The topological polar surface area (TPSA) is 49.8 Å². The van der Waals surface area contributed by atoms with Crippen LogP contribution in [-0.2, 0) is 6.54 Å². The molecule has 0 bridgehead atoms. The van der Waals surface area contributed by atoms with Crippen molar-refractivity contribution in [3.05, 3.63) is 60.6 Å². The maximum absolute atomic E-state index is 4.30. The fraction of sp³-hybridized carbons (Fsp3) is 0.125. The van der Waals surface area contributed by atoms with Gasteiger partial charge >= 0.3 is 0 Å². The van der Waals surface area contributed by atoms with Crippen LogP contribution in [0.15, 0.2) is 55.0 Å². The molecular weight excluding hydrogens is 280 g/mol. The lowest BCUT2D eigenvalue weighted by Crippen LogP contribution is -1.99. The number of hydrogen-bond donors (Lipinski definition) is 2. The smallest absolute Gasteiger partial charge is 0.182 e. The highest BCUT2D eigenvalue weighted by Crippen LogP contribution is 2.29. The number of pyridine rings is 1. The Morgan fingerprint density at radius 3 is 2.71 bits per heavy atom. The fourth-order valence-corrected chi connectivity index (χ4v) is 2.75. The van der Waals surface area contributed by atoms with Crippen LogP contribution in [0.3, 0.4) is 0 Å². The summed E-state index contributed by atoms with van der Waals surface area (Å²) < 4.78 is 0. The van der Waals surface area contributed by atoms with Crippen molar-refractivity contribution in [2.24, 2.45) is 0 Å². The van der Waals surface area contributed by atoms with E-state index in [9.17, 15) is 0 Å². The van der Waals surface area contributed by atoms with Gasteiger partial charge in [-0.3, -0.25) is 4.98 Å². The zero-order valence-corrected chi connectivity index (χ0v) is 12.5. The van der Waals surface area contributed by atoms with Gasteiger partial charge in [-0.25, -0.2) is 4.98 Å². The second kappa shape index (κ2) is 6.37. The van der Waals surface area contributed by atoms with Crippen LogP contribution in [0, 0.1) is 0 Å². The van der Waals surface area contributed by atoms with Gasteiger partial charge in [-0.1, -0.05) is 41.7 Å². The van der Waals surface area contributed by atoms with Gasteiger partial charge in [0.1, 0.15) is 0 Å². The van der Waals surface area contributed by atoms with Crippen LogP contribution in [0.1, 0.15) is 5.56 Å². The third kappa shape index (κ3) is 3.38. The molecule has 0 amide bonds. The second-order valence-electron chi connectivity index (χ2n) is 4.58. The Morgan fingerprint density at radius 1 is 1.10 bits per heavy atom. The molecule has 0 aliphatic heterocycles. The number of anilines is 2. The molecule has 5 heteroatoms. The zero-order chi connectivity index (χ0) is 14.5. The van der Waals surface area contributed by atoms with E-state index in [4.69, 9.17) is 0 Å². The lowest BCUT2D eigenvalue weighted by atomic mass is 10.2. The van der Waals surface area contributed by atoms with Gasteiger partial charge < -0.3 is 10.6 Å². The molecule has 2 heterocycles. The van der Waals surface area contributed by atoms with Crippen molar-refractivity contribution in [3.8, 4) is 10.4 Å². The molecule has 1 aromatic carbocycles. The van der Waals surface area contributed by atoms with Crippen LogP contribution >= 0.6 is 11.3 Å². The number of rotatable bonds is 5. The lowest BCUT2D eigenvalue weighted by Gasteiger charge is -2.07. The van der Waals surface area contributed by atoms with Crippen LogP contribution < -0.4 is 10.6 Å². The molecule has 21 heavy (non-hydrogen) atoms. The Labute approximate surface area is 127 Å². The molecule has 106 valence electrons. The number of aromatic nitrogens is 2. The van der Waals surface area contributed by atoms with Gasteiger partial charge in [-0.2, -0.15) is 0 Å². The minimum atomic E-state index is 0.788. The average Bonchev–Trinajstić information content (AvgIpc) is 3.03. The minimum Gasteiger partial charge on any atom is -0.380 e. The highest BCUT2D eigenvalue weighted by atomic mass is 32.1. The molecule has 0 aliphatic rings. The summed E-state index contributed by atoms with van der Waals surface area (Å²) in [5, 5.41) is 7.36. The number of thiazole rings is 1. The lowest BCUT2D eigenvalue weighted by molar-refractivity contribution is 1.14. The Hall–Kier alpha value is -2.40. The van der Waals surface area contributed by atoms with Crippen molar-refractivity contribution in [2.75, 3.05) is 17.7 Å². The van der Waals surface area contributed by atoms with Crippen molar-refractivity contribution < 1.29 is 0 Å². The first-order valence-electron chi connectivity index (χ1n) is 6.72. The summed E-state index contributed by atoms with van der Waals surface area (Å²) in [6.45, 7) is 0.788. The minimum absolute atomic E-state index is 0.788. The molecule has 0 radical (unpaired) electrons. The SMILES string of the molecule is CNc1ncc(-c2cncc(NCc3ccccc3)c2)s1. The predicted molar refractivity (Wildman–Crippen MR) is 88.7 cm³/mol. The van der Waals surface area contributed by atoms with E-state index < -0.39 is 0 Å². The van der Waals surface area contributed by atoms with Crippen LogP contribution in [0.4, 0.5) is 10.8 Å². The van der Waals surface area contributed by atoms with Gasteiger partial charge in [0.15, 0.2) is 5.13 Å². The molecule has 2 N–H and O–H groups in total. The van der Waals surface area contributed by atoms with Gasteiger partial charge in [0.05, 0.1) is 10.6 Å². The maximum Gasteiger partial charge on any atom is 0.182 e. The zero-order valence-electron chi connectivity index (χ0n) is 11.7. The van der Waals surface area contributed by atoms with Crippen LogP contribution in [0.2, 0.25) is 0 Å². The summed E-state index contributed by atoms with van der Waals surface area (Å²) >= 11 is 1.62. The average molecular weight is 296 g/mol. The second-order valence-corrected chi connectivity index (χ2v) is 5.61. The van der Waals surface area contributed by atoms with E-state index in [0.29, 0.717) is 0 Å². The van der Waals surface area contributed by atoms with Gasteiger partial charge in [0, 0.05) is 37.7 Å². The Balaban J connectivity index is 1.74. The highest BCUT2D eigenvalue weighted by molar-refractivity contribution is 7.18. The fourth-order valence-electron chi connectivity index (χ4n) is 1.99. The molecule has 0 aliphatic carbocycles. The maximum atomic E-state index is 4.30. The van der Waals surface area contributed by atoms with Crippen molar-refractivity contribution in [1.29, 1.82) is 0 Å². The molecule has 0 saturated carbocycles. The number of hydrogen-bond acceptors (Lipinski definition) is 5. The third-order valence-electron chi connectivity index (χ3n) is 3.08. The molecule has 4 nitrogen and oxygen atoms in total. The largest absolute Gasteiger partial charge is 0.380 e. The first kappa shape index (κ1) is 13.6. The van der Waals surface area contributed by atoms with Crippen LogP contribution in [0.5, 0.6) is 0 Å². The standard InChI is InChI=1S/C16H16N4S/c1-17-16-20-11-15(21-16)13-7-14(10-18-9-13)19-8-12-5-3-2-4-6-12/h2-7,9-11,19H,8H2,1H3,(H,17,20). The van der Waals surface area contributed by atoms with Gasteiger partial charge in [0.2, 0.25) is 0 Å². The number of benzene rings is 1. The summed E-state index contributed by atoms with van der Waals surface area (Å²) in [4.78, 5) is 9.70. The predicted octanol–water partition coefficient (Wildman–Crippen LogP) is 3.86. The molecule has 2 aromatic heterocycles. The Morgan fingerprint density at radius 2 is 1.95 bits per heavy atom. The highest BCUT2D eigenvalue weighted by Gasteiger charge is 2.05. The Kier molecular flexibility index (Phi) is 4.12. The van der Waals surface area contributed by atoms with Crippen molar-refractivity contribution in [3.63, 3.8) is 0 Å². The summed E-state index contributed by atoms with van der Waals surface area (Å²) in [5.41, 5.74) is 3.33. The van der Waals surface area contributed by atoms with Crippen molar-refractivity contribution in [2.45, 2.75) is 6.54 Å². The number of nitrogens with one attached hydrogen (secondary N) is 2. The summed E-state index contributed by atoms with van der Waals surface area (Å²) in [6, 6.07) is 12.4. The van der Waals surface area contributed by atoms with E-state index in [1.165, 1.54) is 5.56 Å². The summed E-state index contributed by atoms with van der Waals surface area (Å²) in [7, 11) is 1.87. The van der Waals surface area contributed by atoms with Crippen LogP contribution in [0.25, 0.3) is 10.4 Å². The van der Waals surface area contributed by atoms with E-state index in [1.54, 1.807) is 11.3 Å². The van der Waals surface area contributed by atoms with E-state index in [0.717, 1.165) is 27.8 Å². The van der Waals surface area contributed by atoms with Crippen molar-refractivity contribution >= 4 is 22.2 Å². The molecule has 0 fully saturated rings. The molecule has 3 aromatic rings. The van der Waals surface area contributed by atoms with E-state index >= 15 is 0 Å². The molecule has 0 atom stereocenters. The van der Waals surface area contributed by atoms with Gasteiger partial charge in [0.25, 0.3) is 0 Å². The Bertz CT molecular complexity index is 709. The molecule has 0 unspecified atom stereocenters. The summed E-state index contributed by atoms with van der Waals surface area (Å²) in [5.74, 6) is 0. The van der Waals surface area contributed by atoms with E-state index in [-0.39, 0.29) is 0 Å². The van der Waals surface area contributed by atoms with E-state index in [1.807, 2.05) is 43.8 Å². The van der Waals surface area contributed by atoms with Crippen molar-refractivity contribution in [1.82, 2.24) is 9.97 Å². The normalized spacial score (nSPS) is 10.3. The van der Waals surface area contributed by atoms with Gasteiger partial charge in [-0.05, 0) is 11.6 Å². The quantitative estimate of drug-likeness (QED) is 0.750. The first-order chi connectivity index (χ1) is 10.3. The third-order valence-corrected chi connectivity index (χ3v) is 4.15. The molecule has 3 rings (SSSR count). The monoisotopic (exact) mass is 296 g/mol. The van der Waals surface area contributed by atoms with E-state index in [2.05, 4.69) is 38.8 Å². The molecule has 0 spiro atoms. The number of nitrogens with zero attached hydrogens (tertiary/aromatic N) is 2. The molecule has 0 saturated heterocycles. The van der Waals surface area contributed by atoms with Gasteiger partial charge in [-0.15, -0.1) is 0 Å². The summed E-state index contributed by atoms with van der Waals surface area (Å²) in [6.07, 6.45) is 5.57. The first-order valence-corrected chi connectivity index (χ1v) is 7.53. The molecular formula is C16H16N4S. The van der Waals surface area contributed by atoms with Crippen LogP contribution in [-0.4, -0.2) is 17.0 Å².